The van der Waals surface area contributed by atoms with Gasteiger partial charge in [-0.1, -0.05) is 24.3 Å². The minimum Gasteiger partial charge on any atom is -0.347 e. The molecule has 0 aliphatic rings. The van der Waals surface area contributed by atoms with Crippen molar-refractivity contribution < 1.29 is 4.92 Å². The fourth-order valence-corrected chi connectivity index (χ4v) is 2.73. The van der Waals surface area contributed by atoms with E-state index in [0.29, 0.717) is 0 Å². The molecule has 0 aliphatic carbocycles. The van der Waals surface area contributed by atoms with Gasteiger partial charge in [-0.15, -0.1) is 0 Å². The van der Waals surface area contributed by atoms with Gasteiger partial charge in [0, 0.05) is 29.2 Å². The van der Waals surface area contributed by atoms with Gasteiger partial charge < -0.3 is 9.55 Å². The molecule has 24 heavy (non-hydrogen) atoms. The van der Waals surface area contributed by atoms with E-state index in [9.17, 15) is 19.7 Å². The van der Waals surface area contributed by atoms with Crippen LogP contribution in [0.2, 0.25) is 0 Å². The quantitative estimate of drug-likeness (QED) is 0.565. The van der Waals surface area contributed by atoms with E-state index in [2.05, 4.69) is 4.98 Å². The fourth-order valence-electron chi connectivity index (χ4n) is 2.73. The van der Waals surface area contributed by atoms with Crippen molar-refractivity contribution in [3.63, 3.8) is 0 Å². The van der Waals surface area contributed by atoms with Crippen molar-refractivity contribution in [2.24, 2.45) is 7.05 Å². The maximum absolute atomic E-state index is 11.6. The lowest BCUT2D eigenvalue weighted by Gasteiger charge is -1.98. The lowest BCUT2D eigenvalue weighted by atomic mass is 10.1. The summed E-state index contributed by atoms with van der Waals surface area (Å²) in [4.78, 5) is 37.5. The SMILES string of the molecule is Cc1c(C=Cc2[nH]c(=O)[nH]c(=O)c2[N+](=O)[O-])c2ccccc2n1C. The Morgan fingerprint density at radius 2 is 1.88 bits per heavy atom. The number of aromatic nitrogens is 3. The molecule has 2 N–H and O–H groups in total. The molecule has 0 fully saturated rings. The van der Waals surface area contributed by atoms with Crippen molar-refractivity contribution in [3.8, 4) is 0 Å². The molecule has 0 atom stereocenters. The maximum atomic E-state index is 11.6. The van der Waals surface area contributed by atoms with Crippen LogP contribution in [0.1, 0.15) is 17.0 Å². The molecule has 0 saturated carbocycles. The van der Waals surface area contributed by atoms with E-state index in [-0.39, 0.29) is 5.69 Å². The molecule has 3 aromatic rings. The third-order valence-electron chi connectivity index (χ3n) is 3.99. The maximum Gasteiger partial charge on any atom is 0.357 e. The van der Waals surface area contributed by atoms with E-state index < -0.39 is 21.9 Å². The Hall–Kier alpha value is -3.42. The molecule has 0 bridgehead atoms. The molecule has 2 aromatic heterocycles. The molecule has 2 heterocycles. The van der Waals surface area contributed by atoms with Crippen LogP contribution in [0, 0.1) is 17.0 Å². The van der Waals surface area contributed by atoms with Crippen LogP contribution in [-0.4, -0.2) is 19.5 Å². The van der Waals surface area contributed by atoms with E-state index in [1.54, 1.807) is 6.08 Å². The van der Waals surface area contributed by atoms with Crippen LogP contribution in [0.4, 0.5) is 5.69 Å². The Morgan fingerprint density at radius 1 is 1.17 bits per heavy atom. The van der Waals surface area contributed by atoms with Gasteiger partial charge in [0.25, 0.3) is 0 Å². The molecule has 0 aliphatic heterocycles. The second kappa shape index (κ2) is 5.65. The number of nitro groups is 1. The number of nitrogens with one attached hydrogen (secondary N) is 2. The first-order valence-electron chi connectivity index (χ1n) is 7.13. The lowest BCUT2D eigenvalue weighted by Crippen LogP contribution is -2.25. The molecule has 0 amide bonds. The van der Waals surface area contributed by atoms with Crippen LogP contribution in [0.3, 0.4) is 0 Å². The topological polar surface area (TPSA) is 114 Å². The highest BCUT2D eigenvalue weighted by Gasteiger charge is 2.19. The Kier molecular flexibility index (Phi) is 3.64. The highest BCUT2D eigenvalue weighted by atomic mass is 16.6. The zero-order valence-corrected chi connectivity index (χ0v) is 13.0. The van der Waals surface area contributed by atoms with Crippen molar-refractivity contribution in [2.45, 2.75) is 6.92 Å². The average Bonchev–Trinajstić information content (AvgIpc) is 2.76. The first-order valence-corrected chi connectivity index (χ1v) is 7.13. The van der Waals surface area contributed by atoms with Crippen molar-refractivity contribution in [2.75, 3.05) is 0 Å². The third-order valence-corrected chi connectivity index (χ3v) is 3.99. The molecule has 8 heteroatoms. The predicted octanol–water partition coefficient (Wildman–Crippen LogP) is 1.94. The second-order valence-electron chi connectivity index (χ2n) is 5.34. The van der Waals surface area contributed by atoms with Crippen molar-refractivity contribution in [1.82, 2.24) is 14.5 Å². The smallest absolute Gasteiger partial charge is 0.347 e. The molecular formula is C16H14N4O4. The standard InChI is InChI=1S/C16H14N4O4/c1-9-10(11-5-3-4-6-13(11)19(9)2)7-8-12-14(20(23)24)15(21)18-16(22)17-12/h3-8H,1-2H3,(H2,17,18,21,22). The average molecular weight is 326 g/mol. The largest absolute Gasteiger partial charge is 0.357 e. The molecule has 0 saturated heterocycles. The highest BCUT2D eigenvalue weighted by Crippen LogP contribution is 2.26. The van der Waals surface area contributed by atoms with Crippen LogP contribution in [-0.2, 0) is 7.05 Å². The van der Waals surface area contributed by atoms with Gasteiger partial charge in [0.1, 0.15) is 5.69 Å². The molecule has 0 spiro atoms. The van der Waals surface area contributed by atoms with Crippen LogP contribution >= 0.6 is 0 Å². The molecule has 0 unspecified atom stereocenters. The van der Waals surface area contributed by atoms with Gasteiger partial charge >= 0.3 is 16.9 Å². The molecule has 3 rings (SSSR count). The summed E-state index contributed by atoms with van der Waals surface area (Å²) in [6, 6.07) is 7.74. The molecule has 122 valence electrons. The lowest BCUT2D eigenvalue weighted by molar-refractivity contribution is -0.386. The molecule has 8 nitrogen and oxygen atoms in total. The van der Waals surface area contributed by atoms with E-state index in [1.165, 1.54) is 6.08 Å². The number of hydrogen-bond acceptors (Lipinski definition) is 4. The van der Waals surface area contributed by atoms with E-state index >= 15 is 0 Å². The number of benzene rings is 1. The number of para-hydroxylation sites is 1. The van der Waals surface area contributed by atoms with Gasteiger partial charge in [0.15, 0.2) is 0 Å². The summed E-state index contributed by atoms with van der Waals surface area (Å²) in [5.74, 6) is 0. The molecule has 0 radical (unpaired) electrons. The predicted molar refractivity (Wildman–Crippen MR) is 90.9 cm³/mol. The van der Waals surface area contributed by atoms with Gasteiger partial charge in [0.05, 0.1) is 4.92 Å². The number of hydrogen-bond donors (Lipinski definition) is 2. The summed E-state index contributed by atoms with van der Waals surface area (Å²) < 4.78 is 2.00. The zero-order chi connectivity index (χ0) is 17.4. The van der Waals surface area contributed by atoms with Crippen molar-refractivity contribution >= 4 is 28.7 Å². The van der Waals surface area contributed by atoms with Crippen LogP contribution in [0.15, 0.2) is 33.9 Å². The number of aryl methyl sites for hydroxylation is 1. The van der Waals surface area contributed by atoms with Crippen LogP contribution < -0.4 is 11.2 Å². The Balaban J connectivity index is 2.21. The van der Waals surface area contributed by atoms with Crippen LogP contribution in [0.25, 0.3) is 23.1 Å². The fraction of sp³-hybridized carbons (Fsp3) is 0.125. The third kappa shape index (κ3) is 2.43. The van der Waals surface area contributed by atoms with E-state index in [4.69, 9.17) is 0 Å². The Morgan fingerprint density at radius 3 is 2.58 bits per heavy atom. The Labute approximate surface area is 135 Å². The Bertz CT molecular complexity index is 1100. The summed E-state index contributed by atoms with van der Waals surface area (Å²) in [7, 11) is 1.92. The highest BCUT2D eigenvalue weighted by molar-refractivity contribution is 5.93. The number of aromatic amines is 2. The van der Waals surface area contributed by atoms with Gasteiger partial charge in [-0.3, -0.25) is 19.9 Å². The summed E-state index contributed by atoms with van der Waals surface area (Å²) in [6.07, 6.45) is 3.04. The number of fused-ring (bicyclic) bond motifs is 1. The monoisotopic (exact) mass is 326 g/mol. The second-order valence-corrected chi connectivity index (χ2v) is 5.34. The first kappa shape index (κ1) is 15.5. The van der Waals surface area contributed by atoms with E-state index in [0.717, 1.165) is 22.2 Å². The summed E-state index contributed by atoms with van der Waals surface area (Å²) in [6.45, 7) is 1.93. The minimum absolute atomic E-state index is 0.138. The molecular weight excluding hydrogens is 312 g/mol. The number of rotatable bonds is 3. The van der Waals surface area contributed by atoms with Gasteiger partial charge in [0.2, 0.25) is 0 Å². The van der Waals surface area contributed by atoms with Gasteiger partial charge in [-0.05, 0) is 19.1 Å². The van der Waals surface area contributed by atoms with Crippen molar-refractivity contribution in [3.05, 3.63) is 72.2 Å². The zero-order valence-electron chi connectivity index (χ0n) is 13.0. The summed E-state index contributed by atoms with van der Waals surface area (Å²) in [5.41, 5.74) is 0.192. The van der Waals surface area contributed by atoms with Gasteiger partial charge in [-0.25, -0.2) is 4.79 Å². The first-order chi connectivity index (χ1) is 11.4. The molecule has 1 aromatic carbocycles. The number of nitrogens with zero attached hydrogens (tertiary/aromatic N) is 2. The summed E-state index contributed by atoms with van der Waals surface area (Å²) >= 11 is 0. The van der Waals surface area contributed by atoms with E-state index in [1.807, 2.05) is 47.8 Å². The number of H-pyrrole nitrogens is 2. The van der Waals surface area contributed by atoms with Gasteiger partial charge in [-0.2, -0.15) is 0 Å². The normalized spacial score (nSPS) is 11.4. The minimum atomic E-state index is -1.03. The van der Waals surface area contributed by atoms with Crippen LogP contribution in [0.5, 0.6) is 0 Å². The summed E-state index contributed by atoms with van der Waals surface area (Å²) in [5, 5.41) is 12.0. The van der Waals surface area contributed by atoms with Crippen molar-refractivity contribution in [1.29, 1.82) is 0 Å².